The molecule has 0 saturated heterocycles. The molecule has 0 bridgehead atoms. The van der Waals surface area contributed by atoms with Crippen LogP contribution in [0.4, 0.5) is 0 Å². The third-order valence-corrected chi connectivity index (χ3v) is 1.22. The van der Waals surface area contributed by atoms with Gasteiger partial charge >= 0.3 is 0 Å². The van der Waals surface area contributed by atoms with E-state index < -0.39 is 0 Å². The van der Waals surface area contributed by atoms with Crippen molar-refractivity contribution in [2.75, 3.05) is 19.7 Å². The zero-order valence-corrected chi connectivity index (χ0v) is 6.73. The quantitative estimate of drug-likeness (QED) is 0.431. The lowest BCUT2D eigenvalue weighted by molar-refractivity contribution is 0.250. The average Bonchev–Trinajstić information content (AvgIpc) is 1.97. The van der Waals surface area contributed by atoms with E-state index in [2.05, 4.69) is 18.8 Å². The van der Waals surface area contributed by atoms with Gasteiger partial charge in [0.25, 0.3) is 0 Å². The summed E-state index contributed by atoms with van der Waals surface area (Å²) in [4.78, 5) is 0. The van der Waals surface area contributed by atoms with Gasteiger partial charge in [0.1, 0.15) is 0 Å². The van der Waals surface area contributed by atoms with E-state index in [0.717, 1.165) is 19.7 Å². The molecule has 0 radical (unpaired) electrons. The molecule has 0 aromatic heterocycles. The number of unbranched alkanes of at least 4 members (excludes halogenated alkanes) is 1. The van der Waals surface area contributed by atoms with Gasteiger partial charge in [-0.15, -0.1) is 0 Å². The summed E-state index contributed by atoms with van der Waals surface area (Å²) in [6, 6.07) is 0. The fraction of sp³-hybridized carbons (Fsp3) is 0.750. The smallest absolute Gasteiger partial charge is 0.0997 e. The molecule has 2 nitrogen and oxygen atoms in total. The first-order chi connectivity index (χ1) is 4.91. The monoisotopic (exact) mass is 143 g/mol. The molecule has 0 aromatic rings. The van der Waals surface area contributed by atoms with Crippen LogP contribution in [0.5, 0.6) is 0 Å². The molecule has 0 amide bonds. The fourth-order valence-electron chi connectivity index (χ4n) is 0.641. The lowest BCUT2D eigenvalue weighted by atomic mass is 10.3. The van der Waals surface area contributed by atoms with Crippen LogP contribution in [0.1, 0.15) is 19.8 Å². The molecule has 60 valence electrons. The number of hydrogen-bond acceptors (Lipinski definition) is 2. The summed E-state index contributed by atoms with van der Waals surface area (Å²) >= 11 is 0. The molecule has 0 saturated carbocycles. The SMILES string of the molecule is C=COCCNCCCC. The molecule has 0 spiro atoms. The van der Waals surface area contributed by atoms with Crippen LogP contribution in [-0.2, 0) is 4.74 Å². The topological polar surface area (TPSA) is 21.3 Å². The lowest BCUT2D eigenvalue weighted by Crippen LogP contribution is -2.19. The van der Waals surface area contributed by atoms with E-state index in [1.54, 1.807) is 0 Å². The average molecular weight is 143 g/mol. The maximum atomic E-state index is 4.92. The van der Waals surface area contributed by atoms with Crippen LogP contribution < -0.4 is 5.32 Å². The van der Waals surface area contributed by atoms with Crippen molar-refractivity contribution in [1.82, 2.24) is 5.32 Å². The Bertz CT molecular complexity index is 73.7. The highest BCUT2D eigenvalue weighted by Crippen LogP contribution is 1.81. The first-order valence-electron chi connectivity index (χ1n) is 3.85. The molecular weight excluding hydrogens is 126 g/mol. The molecule has 10 heavy (non-hydrogen) atoms. The summed E-state index contributed by atoms with van der Waals surface area (Å²) < 4.78 is 4.92. The van der Waals surface area contributed by atoms with Gasteiger partial charge in [-0.2, -0.15) is 0 Å². The largest absolute Gasteiger partial charge is 0.500 e. The van der Waals surface area contributed by atoms with Crippen molar-refractivity contribution < 1.29 is 4.74 Å². The van der Waals surface area contributed by atoms with E-state index in [0.29, 0.717) is 0 Å². The highest BCUT2D eigenvalue weighted by molar-refractivity contribution is 4.51. The van der Waals surface area contributed by atoms with E-state index in [9.17, 15) is 0 Å². The van der Waals surface area contributed by atoms with Crippen LogP contribution >= 0.6 is 0 Å². The Labute approximate surface area is 63.3 Å². The van der Waals surface area contributed by atoms with Crippen LogP contribution in [0.25, 0.3) is 0 Å². The summed E-state index contributed by atoms with van der Waals surface area (Å²) in [5, 5.41) is 3.25. The van der Waals surface area contributed by atoms with Crippen LogP contribution in [0, 0.1) is 0 Å². The van der Waals surface area contributed by atoms with Gasteiger partial charge in [0.05, 0.1) is 12.9 Å². The highest BCUT2D eigenvalue weighted by atomic mass is 16.5. The standard InChI is InChI=1S/C8H17NO/c1-3-5-6-9-7-8-10-4-2/h4,9H,2-3,5-8H2,1H3. The summed E-state index contributed by atoms with van der Waals surface area (Å²) in [6.45, 7) is 8.37. The second-order valence-corrected chi connectivity index (χ2v) is 2.14. The minimum absolute atomic E-state index is 0.729. The van der Waals surface area contributed by atoms with Gasteiger partial charge in [0.2, 0.25) is 0 Å². The lowest BCUT2D eigenvalue weighted by Gasteiger charge is -2.01. The van der Waals surface area contributed by atoms with Gasteiger partial charge in [-0.05, 0) is 13.0 Å². The Morgan fingerprint density at radius 3 is 2.90 bits per heavy atom. The van der Waals surface area contributed by atoms with E-state index in [-0.39, 0.29) is 0 Å². The second kappa shape index (κ2) is 8.50. The molecule has 0 aliphatic rings. The van der Waals surface area contributed by atoms with Gasteiger partial charge in [-0.1, -0.05) is 19.9 Å². The van der Waals surface area contributed by atoms with Gasteiger partial charge < -0.3 is 10.1 Å². The minimum atomic E-state index is 0.729. The Balaban J connectivity index is 2.70. The minimum Gasteiger partial charge on any atom is -0.500 e. The van der Waals surface area contributed by atoms with Crippen molar-refractivity contribution in [3.63, 3.8) is 0 Å². The molecule has 1 N–H and O–H groups in total. The summed E-state index contributed by atoms with van der Waals surface area (Å²) in [6.07, 6.45) is 3.96. The number of nitrogens with one attached hydrogen (secondary N) is 1. The first kappa shape index (κ1) is 9.50. The molecule has 2 heteroatoms. The Kier molecular flexibility index (Phi) is 8.07. The van der Waals surface area contributed by atoms with Crippen molar-refractivity contribution in [2.24, 2.45) is 0 Å². The Hall–Kier alpha value is -0.500. The zero-order chi connectivity index (χ0) is 7.66. The molecule has 0 aliphatic carbocycles. The fourth-order valence-corrected chi connectivity index (χ4v) is 0.641. The summed E-state index contributed by atoms with van der Waals surface area (Å²) in [7, 11) is 0. The van der Waals surface area contributed by atoms with Crippen LogP contribution in [0.3, 0.4) is 0 Å². The van der Waals surface area contributed by atoms with Gasteiger partial charge in [-0.3, -0.25) is 0 Å². The van der Waals surface area contributed by atoms with Crippen molar-refractivity contribution in [3.8, 4) is 0 Å². The van der Waals surface area contributed by atoms with Crippen molar-refractivity contribution in [1.29, 1.82) is 0 Å². The normalized spacial score (nSPS) is 9.30. The molecule has 0 unspecified atom stereocenters. The van der Waals surface area contributed by atoms with Crippen molar-refractivity contribution in [2.45, 2.75) is 19.8 Å². The zero-order valence-electron chi connectivity index (χ0n) is 6.73. The van der Waals surface area contributed by atoms with Crippen LogP contribution in [0.2, 0.25) is 0 Å². The van der Waals surface area contributed by atoms with Crippen molar-refractivity contribution in [3.05, 3.63) is 12.8 Å². The number of ether oxygens (including phenoxy) is 1. The van der Waals surface area contributed by atoms with Gasteiger partial charge in [0.15, 0.2) is 0 Å². The van der Waals surface area contributed by atoms with Gasteiger partial charge in [0, 0.05) is 6.54 Å². The van der Waals surface area contributed by atoms with E-state index >= 15 is 0 Å². The summed E-state index contributed by atoms with van der Waals surface area (Å²) in [5.74, 6) is 0. The van der Waals surface area contributed by atoms with Crippen LogP contribution in [-0.4, -0.2) is 19.7 Å². The third-order valence-electron chi connectivity index (χ3n) is 1.22. The van der Waals surface area contributed by atoms with Crippen molar-refractivity contribution >= 4 is 0 Å². The van der Waals surface area contributed by atoms with E-state index in [1.807, 2.05) is 0 Å². The Morgan fingerprint density at radius 1 is 1.50 bits per heavy atom. The predicted molar refractivity (Wildman–Crippen MR) is 43.9 cm³/mol. The molecule has 0 aromatic carbocycles. The molecular formula is C8H17NO. The second-order valence-electron chi connectivity index (χ2n) is 2.14. The maximum absolute atomic E-state index is 4.92. The first-order valence-corrected chi connectivity index (χ1v) is 3.85. The highest BCUT2D eigenvalue weighted by Gasteiger charge is 1.84. The van der Waals surface area contributed by atoms with E-state index in [1.165, 1.54) is 19.1 Å². The predicted octanol–water partition coefficient (Wildman–Crippen LogP) is 1.54. The molecule has 0 fully saturated rings. The molecule has 0 heterocycles. The molecule has 0 rings (SSSR count). The van der Waals surface area contributed by atoms with E-state index in [4.69, 9.17) is 4.74 Å². The Morgan fingerprint density at radius 2 is 2.30 bits per heavy atom. The van der Waals surface area contributed by atoms with Gasteiger partial charge in [-0.25, -0.2) is 0 Å². The molecule has 0 atom stereocenters. The number of rotatable bonds is 7. The molecule has 0 aliphatic heterocycles. The number of hydrogen-bond donors (Lipinski definition) is 1. The maximum Gasteiger partial charge on any atom is 0.0997 e. The summed E-state index contributed by atoms with van der Waals surface area (Å²) in [5.41, 5.74) is 0. The van der Waals surface area contributed by atoms with Crippen LogP contribution in [0.15, 0.2) is 12.8 Å². The third kappa shape index (κ3) is 7.50.